The molecule has 1 amide bonds. The molecule has 0 bridgehead atoms. The average molecular weight is 405 g/mol. The number of rotatable bonds is 5. The summed E-state index contributed by atoms with van der Waals surface area (Å²) in [4.78, 5) is 26.3. The second-order valence-corrected chi connectivity index (χ2v) is 7.60. The van der Waals surface area contributed by atoms with Gasteiger partial charge in [-0.2, -0.15) is 10.5 Å². The fourth-order valence-electron chi connectivity index (χ4n) is 3.26. The molecule has 0 saturated heterocycles. The molecule has 29 heavy (non-hydrogen) atoms. The Morgan fingerprint density at radius 2 is 2.07 bits per heavy atom. The number of esters is 1. The summed E-state index contributed by atoms with van der Waals surface area (Å²) < 4.78 is 5.19. The van der Waals surface area contributed by atoms with Crippen molar-refractivity contribution in [1.82, 2.24) is 0 Å². The molecule has 0 radical (unpaired) electrons. The van der Waals surface area contributed by atoms with Crippen LogP contribution in [0, 0.1) is 22.7 Å². The van der Waals surface area contributed by atoms with Crippen LogP contribution in [0.5, 0.6) is 0 Å². The van der Waals surface area contributed by atoms with E-state index in [0.29, 0.717) is 21.7 Å². The quantitative estimate of drug-likeness (QED) is 0.456. The van der Waals surface area contributed by atoms with E-state index in [4.69, 9.17) is 10.00 Å². The van der Waals surface area contributed by atoms with E-state index in [9.17, 15) is 14.9 Å². The van der Waals surface area contributed by atoms with Gasteiger partial charge in [0, 0.05) is 4.88 Å². The normalized spacial score (nSPS) is 13.0. The lowest BCUT2D eigenvalue weighted by Gasteiger charge is -2.12. The first-order valence-electron chi connectivity index (χ1n) is 9.32. The first-order chi connectivity index (χ1) is 14.1. The van der Waals surface area contributed by atoms with E-state index in [-0.39, 0.29) is 12.2 Å². The molecule has 1 aliphatic carbocycles. The maximum absolute atomic E-state index is 12.7. The number of hydrogen-bond acceptors (Lipinski definition) is 6. The van der Waals surface area contributed by atoms with Crippen molar-refractivity contribution in [1.29, 1.82) is 10.5 Å². The number of carbonyl (C=O) groups excluding carboxylic acids is 2. The summed E-state index contributed by atoms with van der Waals surface area (Å²) in [5, 5.41) is 21.6. The first kappa shape index (κ1) is 20.3. The summed E-state index contributed by atoms with van der Waals surface area (Å²) in [7, 11) is 0. The number of aryl methyl sites for hydroxylation is 1. The van der Waals surface area contributed by atoms with Gasteiger partial charge in [0.25, 0.3) is 5.91 Å². The van der Waals surface area contributed by atoms with Crippen LogP contribution in [-0.2, 0) is 22.4 Å². The van der Waals surface area contributed by atoms with E-state index in [1.165, 1.54) is 17.4 Å². The van der Waals surface area contributed by atoms with E-state index < -0.39 is 11.9 Å². The molecule has 0 fully saturated rings. The molecule has 1 aliphatic rings. The van der Waals surface area contributed by atoms with E-state index in [1.54, 1.807) is 31.2 Å². The smallest absolute Gasteiger partial charge is 0.341 e. The predicted molar refractivity (Wildman–Crippen MR) is 110 cm³/mol. The van der Waals surface area contributed by atoms with Gasteiger partial charge in [0.1, 0.15) is 16.6 Å². The van der Waals surface area contributed by atoms with Crippen molar-refractivity contribution in [3.05, 3.63) is 57.0 Å². The monoisotopic (exact) mass is 405 g/mol. The molecule has 1 aromatic carbocycles. The number of hydrogen-bond donors (Lipinski definition) is 1. The highest BCUT2D eigenvalue weighted by Crippen LogP contribution is 2.38. The van der Waals surface area contributed by atoms with Gasteiger partial charge in [0.05, 0.1) is 23.8 Å². The van der Waals surface area contributed by atoms with Crippen LogP contribution in [0.4, 0.5) is 5.00 Å². The van der Waals surface area contributed by atoms with Crippen LogP contribution in [0.25, 0.3) is 6.08 Å². The number of benzene rings is 1. The van der Waals surface area contributed by atoms with Crippen LogP contribution in [0.15, 0.2) is 29.8 Å². The van der Waals surface area contributed by atoms with Crippen molar-refractivity contribution in [3.63, 3.8) is 0 Å². The summed E-state index contributed by atoms with van der Waals surface area (Å²) in [6, 6.07) is 10.6. The van der Waals surface area contributed by atoms with Crippen molar-refractivity contribution in [2.24, 2.45) is 0 Å². The second kappa shape index (κ2) is 9.18. The van der Waals surface area contributed by atoms with E-state index >= 15 is 0 Å². The number of anilines is 1. The third kappa shape index (κ3) is 4.53. The van der Waals surface area contributed by atoms with Crippen molar-refractivity contribution < 1.29 is 14.3 Å². The number of nitriles is 2. The molecule has 1 aromatic heterocycles. The van der Waals surface area contributed by atoms with Gasteiger partial charge in [-0.15, -0.1) is 11.3 Å². The SMILES string of the molecule is CCOC(=O)c1c(NC(=O)/C(C#N)=C/c2cccc(C#N)c2)sc2c1CCCC2. The van der Waals surface area contributed by atoms with E-state index in [0.717, 1.165) is 36.1 Å². The molecule has 3 rings (SSSR count). The Morgan fingerprint density at radius 1 is 1.28 bits per heavy atom. The molecule has 0 aliphatic heterocycles. The third-order valence-electron chi connectivity index (χ3n) is 4.57. The molecular formula is C22H19N3O3S. The predicted octanol–water partition coefficient (Wildman–Crippen LogP) is 4.22. The zero-order chi connectivity index (χ0) is 20.8. The number of ether oxygens (including phenoxy) is 1. The van der Waals surface area contributed by atoms with Gasteiger partial charge in [-0.25, -0.2) is 4.79 Å². The Kier molecular flexibility index (Phi) is 6.43. The standard InChI is InChI=1S/C22H19N3O3S/c1-2-28-22(27)19-17-8-3-4-9-18(17)29-21(19)25-20(26)16(13-24)11-14-6-5-7-15(10-14)12-23/h5-7,10-11H,2-4,8-9H2,1H3,(H,25,26)/b16-11+. The number of nitrogens with zero attached hydrogens (tertiary/aromatic N) is 2. The minimum Gasteiger partial charge on any atom is -0.462 e. The molecule has 0 atom stereocenters. The summed E-state index contributed by atoms with van der Waals surface area (Å²) in [6.07, 6.45) is 5.10. The highest BCUT2D eigenvalue weighted by molar-refractivity contribution is 7.17. The van der Waals surface area contributed by atoms with Crippen molar-refractivity contribution in [3.8, 4) is 12.1 Å². The molecule has 2 aromatic rings. The van der Waals surface area contributed by atoms with Crippen LogP contribution in [0.1, 0.15) is 51.7 Å². The Morgan fingerprint density at radius 3 is 2.79 bits per heavy atom. The summed E-state index contributed by atoms with van der Waals surface area (Å²) in [5.41, 5.74) is 2.25. The maximum Gasteiger partial charge on any atom is 0.341 e. The fourth-order valence-corrected chi connectivity index (χ4v) is 4.53. The summed E-state index contributed by atoms with van der Waals surface area (Å²) >= 11 is 1.37. The largest absolute Gasteiger partial charge is 0.462 e. The molecule has 1 heterocycles. The highest BCUT2D eigenvalue weighted by atomic mass is 32.1. The minimum atomic E-state index is -0.598. The van der Waals surface area contributed by atoms with Crippen molar-refractivity contribution >= 4 is 34.3 Å². The van der Waals surface area contributed by atoms with E-state index in [1.807, 2.05) is 12.1 Å². The van der Waals surface area contributed by atoms with Crippen LogP contribution < -0.4 is 5.32 Å². The number of carbonyl (C=O) groups is 2. The van der Waals surface area contributed by atoms with Gasteiger partial charge in [-0.3, -0.25) is 4.79 Å². The Balaban J connectivity index is 1.92. The maximum atomic E-state index is 12.7. The topological polar surface area (TPSA) is 103 Å². The van der Waals surface area contributed by atoms with Gasteiger partial charge in [0.2, 0.25) is 0 Å². The summed E-state index contributed by atoms with van der Waals surface area (Å²) in [6.45, 7) is 1.98. The molecule has 0 unspecified atom stereocenters. The molecule has 146 valence electrons. The Bertz CT molecular complexity index is 1070. The second-order valence-electron chi connectivity index (χ2n) is 6.50. The third-order valence-corrected chi connectivity index (χ3v) is 5.78. The molecular weight excluding hydrogens is 386 g/mol. The lowest BCUT2D eigenvalue weighted by atomic mass is 9.95. The lowest BCUT2D eigenvalue weighted by Crippen LogP contribution is -2.16. The van der Waals surface area contributed by atoms with Crippen LogP contribution >= 0.6 is 11.3 Å². The van der Waals surface area contributed by atoms with Gasteiger partial charge in [0.15, 0.2) is 0 Å². The van der Waals surface area contributed by atoms with Gasteiger partial charge in [-0.05, 0) is 61.9 Å². The number of fused-ring (bicyclic) bond motifs is 1. The van der Waals surface area contributed by atoms with Crippen LogP contribution in [-0.4, -0.2) is 18.5 Å². The fraction of sp³-hybridized carbons (Fsp3) is 0.273. The van der Waals surface area contributed by atoms with Gasteiger partial charge in [-0.1, -0.05) is 12.1 Å². The minimum absolute atomic E-state index is 0.110. The summed E-state index contributed by atoms with van der Waals surface area (Å²) in [5.74, 6) is -1.05. The van der Waals surface area contributed by atoms with Crippen LogP contribution in [0.2, 0.25) is 0 Å². The molecule has 7 heteroatoms. The zero-order valence-electron chi connectivity index (χ0n) is 15.9. The Labute approximate surface area is 173 Å². The van der Waals surface area contributed by atoms with Crippen molar-refractivity contribution in [2.75, 3.05) is 11.9 Å². The Hall–Kier alpha value is -3.42. The molecule has 0 saturated carbocycles. The molecule has 0 spiro atoms. The van der Waals surface area contributed by atoms with Crippen molar-refractivity contribution in [2.45, 2.75) is 32.6 Å². The molecule has 6 nitrogen and oxygen atoms in total. The van der Waals surface area contributed by atoms with Gasteiger partial charge >= 0.3 is 5.97 Å². The van der Waals surface area contributed by atoms with E-state index in [2.05, 4.69) is 5.32 Å². The number of amides is 1. The van der Waals surface area contributed by atoms with Crippen LogP contribution in [0.3, 0.4) is 0 Å². The lowest BCUT2D eigenvalue weighted by molar-refractivity contribution is -0.112. The van der Waals surface area contributed by atoms with Gasteiger partial charge < -0.3 is 10.1 Å². The molecule has 1 N–H and O–H groups in total. The zero-order valence-corrected chi connectivity index (χ0v) is 16.8. The number of nitrogens with one attached hydrogen (secondary N) is 1. The highest BCUT2D eigenvalue weighted by Gasteiger charge is 2.27. The first-order valence-corrected chi connectivity index (χ1v) is 10.1. The number of thiophene rings is 1. The average Bonchev–Trinajstić information content (AvgIpc) is 3.10.